The van der Waals surface area contributed by atoms with E-state index in [1.165, 1.54) is 0 Å². The maximum Gasteiger partial charge on any atom is 0.276 e. The summed E-state index contributed by atoms with van der Waals surface area (Å²) in [5.74, 6) is 0.0427. The van der Waals surface area contributed by atoms with Crippen LogP contribution in [-0.2, 0) is 10.2 Å². The Labute approximate surface area is 139 Å². The highest BCUT2D eigenvalue weighted by molar-refractivity contribution is 6.04. The van der Waals surface area contributed by atoms with Crippen LogP contribution in [0.1, 0.15) is 43.9 Å². The van der Waals surface area contributed by atoms with Crippen LogP contribution < -0.4 is 15.4 Å². The molecule has 0 radical (unpaired) electrons. The lowest BCUT2D eigenvalue weighted by atomic mass is 9.92. The zero-order valence-corrected chi connectivity index (χ0v) is 14.1. The minimum absolute atomic E-state index is 0.115. The molecule has 0 saturated heterocycles. The molecular weight excluding hydrogens is 308 g/mol. The molecule has 7 nitrogen and oxygen atoms in total. The SMILES string of the molecule is CC1Oc2ccc(NC(=O)c3cc(C(C)(C)C)[nH]n3)cc2NC1=O. The van der Waals surface area contributed by atoms with Crippen molar-refractivity contribution in [3.63, 3.8) is 0 Å². The molecule has 0 bridgehead atoms. The largest absolute Gasteiger partial charge is 0.479 e. The lowest BCUT2D eigenvalue weighted by molar-refractivity contribution is -0.122. The van der Waals surface area contributed by atoms with Gasteiger partial charge in [0.2, 0.25) is 0 Å². The normalized spacial score (nSPS) is 16.8. The summed E-state index contributed by atoms with van der Waals surface area (Å²) in [5, 5.41) is 12.5. The van der Waals surface area contributed by atoms with Crippen molar-refractivity contribution in [2.24, 2.45) is 0 Å². The highest BCUT2D eigenvalue weighted by Gasteiger charge is 2.24. The summed E-state index contributed by atoms with van der Waals surface area (Å²) < 4.78 is 5.49. The van der Waals surface area contributed by atoms with Crippen LogP contribution in [0.2, 0.25) is 0 Å². The van der Waals surface area contributed by atoms with Crippen molar-refractivity contribution in [3.05, 3.63) is 35.7 Å². The van der Waals surface area contributed by atoms with E-state index < -0.39 is 6.10 Å². The van der Waals surface area contributed by atoms with Crippen molar-refractivity contribution in [1.29, 1.82) is 0 Å². The second-order valence-electron chi connectivity index (χ2n) is 6.83. The Morgan fingerprint density at radius 3 is 2.71 bits per heavy atom. The zero-order chi connectivity index (χ0) is 17.5. The van der Waals surface area contributed by atoms with Gasteiger partial charge in [-0.05, 0) is 31.2 Å². The summed E-state index contributed by atoms with van der Waals surface area (Å²) in [4.78, 5) is 24.0. The molecule has 24 heavy (non-hydrogen) atoms. The number of rotatable bonds is 2. The molecule has 1 unspecified atom stereocenters. The standard InChI is InChI=1S/C17H20N4O3/c1-9-15(22)19-11-7-10(5-6-13(11)24-9)18-16(23)12-8-14(21-20-12)17(2,3)4/h5-9H,1-4H3,(H,18,23)(H,19,22)(H,20,21). The smallest absolute Gasteiger partial charge is 0.276 e. The van der Waals surface area contributed by atoms with Crippen molar-refractivity contribution in [2.45, 2.75) is 39.2 Å². The average molecular weight is 328 g/mol. The van der Waals surface area contributed by atoms with E-state index in [0.717, 1.165) is 5.69 Å². The Morgan fingerprint density at radius 2 is 2.04 bits per heavy atom. The Balaban J connectivity index is 1.77. The molecule has 1 aliphatic heterocycles. The van der Waals surface area contributed by atoms with Crippen LogP contribution in [0.25, 0.3) is 0 Å². The Hall–Kier alpha value is -2.83. The Morgan fingerprint density at radius 1 is 1.29 bits per heavy atom. The molecule has 1 aromatic carbocycles. The van der Waals surface area contributed by atoms with Gasteiger partial charge >= 0.3 is 0 Å². The van der Waals surface area contributed by atoms with Crippen molar-refractivity contribution < 1.29 is 14.3 Å². The monoisotopic (exact) mass is 328 g/mol. The first-order valence-corrected chi connectivity index (χ1v) is 7.73. The number of benzene rings is 1. The van der Waals surface area contributed by atoms with Gasteiger partial charge in [0, 0.05) is 16.8 Å². The number of carbonyl (C=O) groups excluding carboxylic acids is 2. The van der Waals surface area contributed by atoms with E-state index in [-0.39, 0.29) is 17.2 Å². The molecule has 3 rings (SSSR count). The van der Waals surface area contributed by atoms with Crippen LogP contribution in [0.4, 0.5) is 11.4 Å². The molecule has 0 fully saturated rings. The molecule has 126 valence electrons. The molecule has 2 amide bonds. The number of fused-ring (bicyclic) bond motifs is 1. The molecule has 2 aromatic rings. The third-order valence-electron chi connectivity index (χ3n) is 3.79. The number of hydrogen-bond donors (Lipinski definition) is 3. The van der Waals surface area contributed by atoms with Crippen molar-refractivity contribution >= 4 is 23.2 Å². The van der Waals surface area contributed by atoms with Gasteiger partial charge in [-0.2, -0.15) is 5.10 Å². The average Bonchev–Trinajstić information content (AvgIpc) is 2.99. The second-order valence-corrected chi connectivity index (χ2v) is 6.83. The minimum atomic E-state index is -0.530. The number of nitrogens with one attached hydrogen (secondary N) is 3. The van der Waals surface area contributed by atoms with Crippen molar-refractivity contribution in [2.75, 3.05) is 10.6 Å². The van der Waals surface area contributed by atoms with Gasteiger partial charge in [0.15, 0.2) is 11.8 Å². The lowest BCUT2D eigenvalue weighted by Gasteiger charge is -2.23. The van der Waals surface area contributed by atoms with Gasteiger partial charge in [-0.15, -0.1) is 0 Å². The van der Waals surface area contributed by atoms with Gasteiger partial charge in [0.25, 0.3) is 11.8 Å². The first-order valence-electron chi connectivity index (χ1n) is 7.73. The van der Waals surface area contributed by atoms with Crippen molar-refractivity contribution in [1.82, 2.24) is 10.2 Å². The number of H-pyrrole nitrogens is 1. The summed E-state index contributed by atoms with van der Waals surface area (Å²) in [6, 6.07) is 6.83. The molecule has 1 aliphatic rings. The van der Waals surface area contributed by atoms with E-state index in [4.69, 9.17) is 4.74 Å². The highest BCUT2D eigenvalue weighted by atomic mass is 16.5. The van der Waals surface area contributed by atoms with E-state index in [0.29, 0.717) is 22.8 Å². The van der Waals surface area contributed by atoms with Crippen LogP contribution in [0.5, 0.6) is 5.75 Å². The fourth-order valence-corrected chi connectivity index (χ4v) is 2.30. The van der Waals surface area contributed by atoms with Crippen LogP contribution in [0.15, 0.2) is 24.3 Å². The first-order chi connectivity index (χ1) is 11.2. The molecule has 1 atom stereocenters. The number of hydrogen-bond acceptors (Lipinski definition) is 4. The fraction of sp³-hybridized carbons (Fsp3) is 0.353. The predicted octanol–water partition coefficient (Wildman–Crippen LogP) is 2.68. The van der Waals surface area contributed by atoms with Crippen LogP contribution in [-0.4, -0.2) is 28.1 Å². The maximum atomic E-state index is 12.3. The number of aromatic amines is 1. The first kappa shape index (κ1) is 16.0. The third-order valence-corrected chi connectivity index (χ3v) is 3.79. The van der Waals surface area contributed by atoms with Crippen molar-refractivity contribution in [3.8, 4) is 5.75 Å². The van der Waals surface area contributed by atoms with Gasteiger partial charge in [-0.3, -0.25) is 14.7 Å². The molecule has 7 heteroatoms. The Bertz CT molecular complexity index is 804. The van der Waals surface area contributed by atoms with Gasteiger partial charge in [0.05, 0.1) is 5.69 Å². The van der Waals surface area contributed by atoms with Gasteiger partial charge in [-0.1, -0.05) is 20.8 Å². The Kier molecular flexibility index (Phi) is 3.79. The number of nitrogens with zero attached hydrogens (tertiary/aromatic N) is 1. The molecule has 2 heterocycles. The third kappa shape index (κ3) is 3.10. The quantitative estimate of drug-likeness (QED) is 0.789. The number of anilines is 2. The van der Waals surface area contributed by atoms with Gasteiger partial charge in [-0.25, -0.2) is 0 Å². The van der Waals surface area contributed by atoms with Gasteiger partial charge < -0.3 is 15.4 Å². The topological polar surface area (TPSA) is 96.1 Å². The number of amides is 2. The summed E-state index contributed by atoms with van der Waals surface area (Å²) in [5.41, 5.74) is 2.17. The van der Waals surface area contributed by atoms with E-state index >= 15 is 0 Å². The summed E-state index contributed by atoms with van der Waals surface area (Å²) >= 11 is 0. The van der Waals surface area contributed by atoms with E-state index in [9.17, 15) is 9.59 Å². The predicted molar refractivity (Wildman–Crippen MR) is 90.4 cm³/mol. The highest BCUT2D eigenvalue weighted by Crippen LogP contribution is 2.32. The van der Waals surface area contributed by atoms with E-state index in [1.807, 2.05) is 20.8 Å². The molecular formula is C17H20N4O3. The molecule has 0 saturated carbocycles. The number of aromatic nitrogens is 2. The van der Waals surface area contributed by atoms with E-state index in [2.05, 4.69) is 20.8 Å². The minimum Gasteiger partial charge on any atom is -0.479 e. The fourth-order valence-electron chi connectivity index (χ4n) is 2.30. The molecule has 0 spiro atoms. The summed E-state index contributed by atoms with van der Waals surface area (Å²) in [6.07, 6.45) is -0.530. The maximum absolute atomic E-state index is 12.3. The molecule has 0 aliphatic carbocycles. The molecule has 1 aromatic heterocycles. The number of ether oxygens (including phenoxy) is 1. The van der Waals surface area contributed by atoms with Crippen LogP contribution in [0, 0.1) is 0 Å². The molecule has 3 N–H and O–H groups in total. The van der Waals surface area contributed by atoms with E-state index in [1.54, 1.807) is 31.2 Å². The van der Waals surface area contributed by atoms with Crippen LogP contribution >= 0.6 is 0 Å². The summed E-state index contributed by atoms with van der Waals surface area (Å²) in [6.45, 7) is 7.79. The second kappa shape index (κ2) is 5.67. The van der Waals surface area contributed by atoms with Gasteiger partial charge in [0.1, 0.15) is 5.75 Å². The zero-order valence-electron chi connectivity index (χ0n) is 14.1. The van der Waals surface area contributed by atoms with Crippen LogP contribution in [0.3, 0.4) is 0 Å². The lowest BCUT2D eigenvalue weighted by Crippen LogP contribution is -2.34. The number of carbonyl (C=O) groups is 2. The summed E-state index contributed by atoms with van der Waals surface area (Å²) in [7, 11) is 0.